The third kappa shape index (κ3) is 2.71. The number of rotatable bonds is 5. The zero-order chi connectivity index (χ0) is 13.9. The number of hydrogen-bond donors (Lipinski definition) is 1. The van der Waals surface area contributed by atoms with Crippen LogP contribution in [0.15, 0.2) is 42.0 Å². The van der Waals surface area contributed by atoms with E-state index in [0.29, 0.717) is 13.0 Å². The van der Waals surface area contributed by atoms with E-state index in [9.17, 15) is 9.90 Å². The predicted molar refractivity (Wildman–Crippen MR) is 75.5 cm³/mol. The fourth-order valence-electron chi connectivity index (χ4n) is 2.50. The number of unbranched alkanes of at least 4 members (excludes halogenated alkanes) is 1. The minimum absolute atomic E-state index is 0.0793. The fraction of sp³-hybridized carbons (Fsp3) is 0.438. The summed E-state index contributed by atoms with van der Waals surface area (Å²) in [6.45, 7) is 4.51. The van der Waals surface area contributed by atoms with Crippen LogP contribution in [-0.4, -0.2) is 28.2 Å². The van der Waals surface area contributed by atoms with Gasteiger partial charge in [0.1, 0.15) is 0 Å². The van der Waals surface area contributed by atoms with E-state index in [-0.39, 0.29) is 5.91 Å². The lowest BCUT2D eigenvalue weighted by Gasteiger charge is -2.35. The molecule has 0 fully saturated rings. The second kappa shape index (κ2) is 5.57. The highest BCUT2D eigenvalue weighted by atomic mass is 16.3. The lowest BCUT2D eigenvalue weighted by atomic mass is 9.96. The molecule has 3 heteroatoms. The van der Waals surface area contributed by atoms with Crippen LogP contribution in [0.5, 0.6) is 0 Å². The maximum atomic E-state index is 12.0. The maximum absolute atomic E-state index is 12.0. The Balaban J connectivity index is 2.22. The Morgan fingerprint density at radius 1 is 1.26 bits per heavy atom. The lowest BCUT2D eigenvalue weighted by Crippen LogP contribution is -2.50. The van der Waals surface area contributed by atoms with E-state index < -0.39 is 5.72 Å². The highest BCUT2D eigenvalue weighted by Gasteiger charge is 2.43. The molecule has 1 aromatic rings. The van der Waals surface area contributed by atoms with Crippen molar-refractivity contribution in [3.05, 3.63) is 47.5 Å². The van der Waals surface area contributed by atoms with Gasteiger partial charge in [-0.3, -0.25) is 4.79 Å². The van der Waals surface area contributed by atoms with E-state index in [0.717, 1.165) is 24.0 Å². The van der Waals surface area contributed by atoms with E-state index in [1.165, 1.54) is 0 Å². The standard InChI is InChI=1S/C16H21NO2/c1-3-4-10-17-15(18)11-13(2)16(17,19)12-14-8-6-5-7-9-14/h5-9,11,19H,3-4,10,12H2,1-2H3. The van der Waals surface area contributed by atoms with E-state index in [1.54, 1.807) is 11.0 Å². The molecule has 1 unspecified atom stereocenters. The molecule has 1 aliphatic heterocycles. The average molecular weight is 259 g/mol. The van der Waals surface area contributed by atoms with Gasteiger partial charge >= 0.3 is 0 Å². The van der Waals surface area contributed by atoms with Gasteiger partial charge in [-0.2, -0.15) is 0 Å². The Bertz CT molecular complexity index is 481. The van der Waals surface area contributed by atoms with E-state index >= 15 is 0 Å². The largest absolute Gasteiger partial charge is 0.367 e. The molecule has 0 saturated heterocycles. The summed E-state index contributed by atoms with van der Waals surface area (Å²) in [7, 11) is 0. The van der Waals surface area contributed by atoms with Crippen LogP contribution < -0.4 is 0 Å². The van der Waals surface area contributed by atoms with Gasteiger partial charge < -0.3 is 10.0 Å². The zero-order valence-electron chi connectivity index (χ0n) is 11.6. The normalized spacial score (nSPS) is 22.8. The number of benzene rings is 1. The molecule has 0 spiro atoms. The van der Waals surface area contributed by atoms with Crippen molar-refractivity contribution in [1.29, 1.82) is 0 Å². The molecule has 0 aliphatic carbocycles. The summed E-state index contributed by atoms with van der Waals surface area (Å²) < 4.78 is 0. The van der Waals surface area contributed by atoms with Crippen LogP contribution >= 0.6 is 0 Å². The maximum Gasteiger partial charge on any atom is 0.249 e. The molecule has 102 valence electrons. The molecule has 2 rings (SSSR count). The van der Waals surface area contributed by atoms with Gasteiger partial charge in [0.05, 0.1) is 0 Å². The Labute approximate surface area is 114 Å². The van der Waals surface area contributed by atoms with Crippen LogP contribution in [0, 0.1) is 0 Å². The first kappa shape index (κ1) is 13.8. The van der Waals surface area contributed by atoms with Gasteiger partial charge in [-0.1, -0.05) is 43.7 Å². The van der Waals surface area contributed by atoms with Crippen LogP contribution in [0.1, 0.15) is 32.3 Å². The first-order valence-corrected chi connectivity index (χ1v) is 6.84. The van der Waals surface area contributed by atoms with Gasteiger partial charge in [-0.05, 0) is 24.5 Å². The molecule has 1 heterocycles. The third-order valence-corrected chi connectivity index (χ3v) is 3.71. The van der Waals surface area contributed by atoms with Crippen molar-refractivity contribution in [2.24, 2.45) is 0 Å². The van der Waals surface area contributed by atoms with Gasteiger partial charge in [-0.15, -0.1) is 0 Å². The minimum Gasteiger partial charge on any atom is -0.367 e. The van der Waals surface area contributed by atoms with Crippen LogP contribution in [0.25, 0.3) is 0 Å². The Morgan fingerprint density at radius 2 is 1.95 bits per heavy atom. The monoisotopic (exact) mass is 259 g/mol. The van der Waals surface area contributed by atoms with Crippen LogP contribution in [-0.2, 0) is 11.2 Å². The van der Waals surface area contributed by atoms with E-state index in [4.69, 9.17) is 0 Å². The fourth-order valence-corrected chi connectivity index (χ4v) is 2.50. The molecule has 1 aromatic carbocycles. The zero-order valence-corrected chi connectivity index (χ0v) is 11.6. The van der Waals surface area contributed by atoms with Crippen molar-refractivity contribution in [2.75, 3.05) is 6.54 Å². The summed E-state index contributed by atoms with van der Waals surface area (Å²) in [6, 6.07) is 9.80. The van der Waals surface area contributed by atoms with Crippen molar-refractivity contribution >= 4 is 5.91 Å². The van der Waals surface area contributed by atoms with Crippen molar-refractivity contribution < 1.29 is 9.90 Å². The highest BCUT2D eigenvalue weighted by Crippen LogP contribution is 2.32. The first-order chi connectivity index (χ1) is 9.08. The summed E-state index contributed by atoms with van der Waals surface area (Å²) in [5, 5.41) is 10.9. The number of amides is 1. The molecule has 0 aromatic heterocycles. The van der Waals surface area contributed by atoms with Crippen LogP contribution in [0.2, 0.25) is 0 Å². The summed E-state index contributed by atoms with van der Waals surface area (Å²) in [5.41, 5.74) is 0.611. The van der Waals surface area contributed by atoms with Gasteiger partial charge in [0.25, 0.3) is 0 Å². The SMILES string of the molecule is CCCCN1C(=O)C=C(C)C1(O)Cc1ccccc1. The molecule has 0 bridgehead atoms. The summed E-state index contributed by atoms with van der Waals surface area (Å²) in [4.78, 5) is 13.6. The molecule has 1 amide bonds. The smallest absolute Gasteiger partial charge is 0.249 e. The minimum atomic E-state index is -1.16. The molecular weight excluding hydrogens is 238 g/mol. The van der Waals surface area contributed by atoms with Gasteiger partial charge in [0.2, 0.25) is 5.91 Å². The molecule has 1 atom stereocenters. The van der Waals surface area contributed by atoms with Crippen molar-refractivity contribution in [3.8, 4) is 0 Å². The Morgan fingerprint density at radius 3 is 2.58 bits per heavy atom. The van der Waals surface area contributed by atoms with Crippen molar-refractivity contribution in [2.45, 2.75) is 38.8 Å². The number of carbonyl (C=O) groups is 1. The number of carbonyl (C=O) groups excluding carboxylic acids is 1. The summed E-state index contributed by atoms with van der Waals surface area (Å²) in [6.07, 6.45) is 3.92. The quantitative estimate of drug-likeness (QED) is 0.882. The average Bonchev–Trinajstić information content (AvgIpc) is 2.59. The summed E-state index contributed by atoms with van der Waals surface area (Å²) in [5.74, 6) is -0.0793. The number of nitrogens with zero attached hydrogens (tertiary/aromatic N) is 1. The lowest BCUT2D eigenvalue weighted by molar-refractivity contribution is -0.142. The molecule has 3 nitrogen and oxygen atoms in total. The first-order valence-electron chi connectivity index (χ1n) is 6.84. The third-order valence-electron chi connectivity index (χ3n) is 3.71. The van der Waals surface area contributed by atoms with E-state index in [1.807, 2.05) is 37.3 Å². The van der Waals surface area contributed by atoms with Gasteiger partial charge in [0.15, 0.2) is 5.72 Å². The van der Waals surface area contributed by atoms with Crippen LogP contribution in [0.4, 0.5) is 0 Å². The molecule has 0 radical (unpaired) electrons. The Hall–Kier alpha value is -1.61. The topological polar surface area (TPSA) is 40.5 Å². The molecule has 1 N–H and O–H groups in total. The van der Waals surface area contributed by atoms with Gasteiger partial charge in [-0.25, -0.2) is 0 Å². The predicted octanol–water partition coefficient (Wildman–Crippen LogP) is 2.51. The summed E-state index contributed by atoms with van der Waals surface area (Å²) >= 11 is 0. The molecular formula is C16H21NO2. The number of hydrogen-bond acceptors (Lipinski definition) is 2. The molecule has 1 aliphatic rings. The second-order valence-electron chi connectivity index (χ2n) is 5.15. The highest BCUT2D eigenvalue weighted by molar-refractivity contribution is 5.92. The van der Waals surface area contributed by atoms with Crippen LogP contribution in [0.3, 0.4) is 0 Å². The second-order valence-corrected chi connectivity index (χ2v) is 5.15. The van der Waals surface area contributed by atoms with Gasteiger partial charge in [0, 0.05) is 19.0 Å². The molecule has 19 heavy (non-hydrogen) atoms. The van der Waals surface area contributed by atoms with Crippen molar-refractivity contribution in [1.82, 2.24) is 4.90 Å². The Kier molecular flexibility index (Phi) is 4.05. The van der Waals surface area contributed by atoms with E-state index in [2.05, 4.69) is 6.92 Å². The molecule has 0 saturated carbocycles. The van der Waals surface area contributed by atoms with Crippen molar-refractivity contribution in [3.63, 3.8) is 0 Å². The number of aliphatic hydroxyl groups is 1.